The van der Waals surface area contributed by atoms with Gasteiger partial charge in [-0.1, -0.05) is 0 Å². The number of aromatic nitrogens is 1. The molecule has 0 spiro atoms. The lowest BCUT2D eigenvalue weighted by atomic mass is 10.1. The molecule has 0 bridgehead atoms. The molecule has 112 valence electrons. The second-order valence-electron chi connectivity index (χ2n) is 5.38. The van der Waals surface area contributed by atoms with Crippen LogP contribution in [0, 0.1) is 6.92 Å². The molecule has 1 fully saturated rings. The van der Waals surface area contributed by atoms with Gasteiger partial charge in [-0.25, -0.2) is 4.98 Å². The monoisotopic (exact) mass is 305 g/mol. The van der Waals surface area contributed by atoms with Gasteiger partial charge in [-0.15, -0.1) is 11.3 Å². The van der Waals surface area contributed by atoms with E-state index < -0.39 is 0 Å². The lowest BCUT2D eigenvalue weighted by Gasteiger charge is -2.38. The number of aryl methyl sites for hydroxylation is 1. The zero-order valence-electron chi connectivity index (χ0n) is 12.4. The summed E-state index contributed by atoms with van der Waals surface area (Å²) in [6.07, 6.45) is 1.62. The number of amides is 1. The van der Waals surface area contributed by atoms with Gasteiger partial charge in [-0.2, -0.15) is 0 Å². The Hall–Kier alpha value is -1.66. The van der Waals surface area contributed by atoms with Gasteiger partial charge in [-0.05, 0) is 32.9 Å². The molecule has 6 heteroatoms. The summed E-state index contributed by atoms with van der Waals surface area (Å²) in [4.78, 5) is 20.1. The molecule has 0 saturated carbocycles. The molecule has 21 heavy (non-hydrogen) atoms. The van der Waals surface area contributed by atoms with Crippen LogP contribution < -0.4 is 5.32 Å². The maximum Gasteiger partial charge on any atom is 0.273 e. The normalized spacial score (nSPS) is 22.5. The number of rotatable bonds is 2. The second-order valence-corrected chi connectivity index (χ2v) is 6.59. The van der Waals surface area contributed by atoms with E-state index in [-0.39, 0.29) is 11.9 Å². The van der Waals surface area contributed by atoms with Crippen LogP contribution in [0.2, 0.25) is 0 Å². The van der Waals surface area contributed by atoms with Gasteiger partial charge in [0.05, 0.1) is 6.26 Å². The van der Waals surface area contributed by atoms with E-state index in [0.717, 1.165) is 23.0 Å². The SMILES string of the molecule is Cc1sc(-c2ccco2)nc1C(=O)N1CCNC(C)C1C. The third-order valence-corrected chi connectivity index (χ3v) is 5.01. The fraction of sp³-hybridized carbons (Fsp3) is 0.467. The van der Waals surface area contributed by atoms with Crippen molar-refractivity contribution in [2.75, 3.05) is 13.1 Å². The Morgan fingerprint density at radius 2 is 2.33 bits per heavy atom. The number of carbonyl (C=O) groups is 1. The van der Waals surface area contributed by atoms with Gasteiger partial charge >= 0.3 is 0 Å². The van der Waals surface area contributed by atoms with E-state index in [0.29, 0.717) is 17.5 Å². The zero-order chi connectivity index (χ0) is 15.0. The lowest BCUT2D eigenvalue weighted by molar-refractivity contribution is 0.0597. The molecule has 1 aliphatic rings. The highest BCUT2D eigenvalue weighted by Crippen LogP contribution is 2.29. The van der Waals surface area contributed by atoms with E-state index in [1.807, 2.05) is 24.0 Å². The molecule has 2 aromatic heterocycles. The molecule has 0 aromatic carbocycles. The lowest BCUT2D eigenvalue weighted by Crippen LogP contribution is -2.57. The predicted octanol–water partition coefficient (Wildman–Crippen LogP) is 2.53. The predicted molar refractivity (Wildman–Crippen MR) is 82.5 cm³/mol. The molecule has 5 nitrogen and oxygen atoms in total. The topological polar surface area (TPSA) is 58.4 Å². The Morgan fingerprint density at radius 1 is 1.52 bits per heavy atom. The van der Waals surface area contributed by atoms with Crippen LogP contribution in [0.5, 0.6) is 0 Å². The van der Waals surface area contributed by atoms with Gasteiger partial charge in [-0.3, -0.25) is 4.79 Å². The van der Waals surface area contributed by atoms with Crippen LogP contribution in [-0.4, -0.2) is 41.0 Å². The number of nitrogens with zero attached hydrogens (tertiary/aromatic N) is 2. The second kappa shape index (κ2) is 5.61. The maximum atomic E-state index is 12.8. The molecule has 1 aliphatic heterocycles. The summed E-state index contributed by atoms with van der Waals surface area (Å²) in [6.45, 7) is 7.66. The summed E-state index contributed by atoms with van der Waals surface area (Å²) in [7, 11) is 0. The first-order chi connectivity index (χ1) is 10.1. The van der Waals surface area contributed by atoms with Crippen molar-refractivity contribution in [3.05, 3.63) is 29.0 Å². The highest BCUT2D eigenvalue weighted by molar-refractivity contribution is 7.15. The van der Waals surface area contributed by atoms with Crippen LogP contribution >= 0.6 is 11.3 Å². The van der Waals surface area contributed by atoms with Crippen molar-refractivity contribution in [1.82, 2.24) is 15.2 Å². The molecule has 2 atom stereocenters. The number of piperazine rings is 1. The van der Waals surface area contributed by atoms with Crippen molar-refractivity contribution in [3.63, 3.8) is 0 Å². The van der Waals surface area contributed by atoms with Crippen molar-refractivity contribution in [2.45, 2.75) is 32.9 Å². The average Bonchev–Trinajstić information content (AvgIpc) is 3.10. The maximum absolute atomic E-state index is 12.8. The molecule has 1 saturated heterocycles. The molecule has 1 N–H and O–H groups in total. The smallest absolute Gasteiger partial charge is 0.273 e. The van der Waals surface area contributed by atoms with Crippen molar-refractivity contribution in [2.24, 2.45) is 0 Å². The Balaban J connectivity index is 1.88. The molecule has 2 unspecified atom stereocenters. The highest BCUT2D eigenvalue weighted by Gasteiger charge is 2.31. The van der Waals surface area contributed by atoms with Crippen LogP contribution in [-0.2, 0) is 0 Å². The number of carbonyl (C=O) groups excluding carboxylic acids is 1. The van der Waals surface area contributed by atoms with Crippen LogP contribution in [0.1, 0.15) is 29.2 Å². The quantitative estimate of drug-likeness (QED) is 0.926. The largest absolute Gasteiger partial charge is 0.462 e. The number of furan rings is 1. The Morgan fingerprint density at radius 3 is 3.05 bits per heavy atom. The minimum Gasteiger partial charge on any atom is -0.462 e. The Kier molecular flexibility index (Phi) is 3.82. The molecule has 3 rings (SSSR count). The molecular weight excluding hydrogens is 286 g/mol. The number of hydrogen-bond acceptors (Lipinski definition) is 5. The first kappa shape index (κ1) is 14.3. The molecule has 0 aliphatic carbocycles. The molecule has 0 radical (unpaired) electrons. The van der Waals surface area contributed by atoms with E-state index in [2.05, 4.69) is 24.1 Å². The van der Waals surface area contributed by atoms with Gasteiger partial charge in [0.15, 0.2) is 10.8 Å². The van der Waals surface area contributed by atoms with E-state index in [1.54, 1.807) is 6.26 Å². The number of thiazole rings is 1. The third-order valence-electron chi connectivity index (χ3n) is 4.03. The number of nitrogens with one attached hydrogen (secondary N) is 1. The van der Waals surface area contributed by atoms with Crippen LogP contribution in [0.15, 0.2) is 22.8 Å². The molecule has 1 amide bonds. The summed E-state index contributed by atoms with van der Waals surface area (Å²) in [5.74, 6) is 0.728. The standard InChI is InChI=1S/C15H19N3O2S/c1-9-10(2)18(7-6-16-9)15(19)13-11(3)21-14(17-13)12-5-4-8-20-12/h4-5,8-10,16H,6-7H2,1-3H3. The Labute approximate surface area is 128 Å². The van der Waals surface area contributed by atoms with E-state index in [4.69, 9.17) is 4.42 Å². The molecule has 3 heterocycles. The molecular formula is C15H19N3O2S. The first-order valence-corrected chi connectivity index (χ1v) is 7.95. The van der Waals surface area contributed by atoms with Crippen molar-refractivity contribution < 1.29 is 9.21 Å². The first-order valence-electron chi connectivity index (χ1n) is 7.13. The van der Waals surface area contributed by atoms with Gasteiger partial charge < -0.3 is 14.6 Å². The van der Waals surface area contributed by atoms with Crippen LogP contribution in [0.4, 0.5) is 0 Å². The van der Waals surface area contributed by atoms with E-state index in [1.165, 1.54) is 11.3 Å². The highest BCUT2D eigenvalue weighted by atomic mass is 32.1. The van der Waals surface area contributed by atoms with Gasteiger partial charge in [0, 0.05) is 30.1 Å². The minimum absolute atomic E-state index is 0.0161. The summed E-state index contributed by atoms with van der Waals surface area (Å²) in [6, 6.07) is 4.15. The van der Waals surface area contributed by atoms with E-state index >= 15 is 0 Å². The van der Waals surface area contributed by atoms with Gasteiger partial charge in [0.2, 0.25) is 0 Å². The van der Waals surface area contributed by atoms with E-state index in [9.17, 15) is 4.79 Å². The fourth-order valence-electron chi connectivity index (χ4n) is 2.58. The van der Waals surface area contributed by atoms with Crippen molar-refractivity contribution in [1.29, 1.82) is 0 Å². The van der Waals surface area contributed by atoms with Crippen LogP contribution in [0.25, 0.3) is 10.8 Å². The average molecular weight is 305 g/mol. The third kappa shape index (κ3) is 2.61. The van der Waals surface area contributed by atoms with Crippen LogP contribution in [0.3, 0.4) is 0 Å². The van der Waals surface area contributed by atoms with Crippen molar-refractivity contribution in [3.8, 4) is 10.8 Å². The fourth-order valence-corrected chi connectivity index (χ4v) is 3.45. The Bertz CT molecular complexity index is 635. The van der Waals surface area contributed by atoms with Gasteiger partial charge in [0.25, 0.3) is 5.91 Å². The van der Waals surface area contributed by atoms with Gasteiger partial charge in [0.1, 0.15) is 5.69 Å². The summed E-state index contributed by atoms with van der Waals surface area (Å²) < 4.78 is 5.36. The zero-order valence-corrected chi connectivity index (χ0v) is 13.2. The molecule has 2 aromatic rings. The summed E-state index contributed by atoms with van der Waals surface area (Å²) in [5.41, 5.74) is 0.548. The summed E-state index contributed by atoms with van der Waals surface area (Å²) >= 11 is 1.50. The summed E-state index contributed by atoms with van der Waals surface area (Å²) in [5, 5.41) is 4.14. The van der Waals surface area contributed by atoms with Crippen molar-refractivity contribution >= 4 is 17.2 Å². The minimum atomic E-state index is 0.0161. The number of hydrogen-bond donors (Lipinski definition) is 1.